The molecule has 0 heterocycles. The van der Waals surface area contributed by atoms with Crippen LogP contribution in [0.4, 0.5) is 0 Å². The van der Waals surface area contributed by atoms with E-state index < -0.39 is 0 Å². The van der Waals surface area contributed by atoms with Gasteiger partial charge in [0.15, 0.2) is 6.54 Å². The number of esters is 1. The van der Waals surface area contributed by atoms with E-state index in [2.05, 4.69) is 27.9 Å². The van der Waals surface area contributed by atoms with Crippen LogP contribution < -0.4 is 17.0 Å². The van der Waals surface area contributed by atoms with E-state index in [1.54, 1.807) is 0 Å². The molecule has 0 aromatic rings. The van der Waals surface area contributed by atoms with Crippen molar-refractivity contribution in [3.63, 3.8) is 0 Å². The highest BCUT2D eigenvalue weighted by molar-refractivity contribution is 5.70. The van der Waals surface area contributed by atoms with E-state index in [0.29, 0.717) is 13.2 Å². The van der Waals surface area contributed by atoms with Crippen LogP contribution in [0.3, 0.4) is 0 Å². The summed E-state index contributed by atoms with van der Waals surface area (Å²) in [5, 5.41) is 0. The Labute approximate surface area is 161 Å². The first-order valence-corrected chi connectivity index (χ1v) is 9.99. The molecule has 3 nitrogen and oxygen atoms in total. The number of likely N-dealkylation sites (N-methyl/N-ethyl adjacent to an activating group) is 1. The monoisotopic (exact) mass is 407 g/mol. The van der Waals surface area contributed by atoms with Crippen LogP contribution >= 0.6 is 0 Å². The zero-order valence-corrected chi connectivity index (χ0v) is 18.3. The zero-order valence-electron chi connectivity index (χ0n) is 16.7. The molecule has 0 radical (unpaired) electrons. The van der Waals surface area contributed by atoms with E-state index in [0.717, 1.165) is 17.4 Å². The molecule has 4 heteroatoms. The van der Waals surface area contributed by atoms with Gasteiger partial charge in [-0.3, -0.25) is 0 Å². The standard InChI is InChI=1S/C20H42NO2.BrH/c1-5-7-9-10-11-12-13-14-15-16-18-23-20(22)19-21(3,4)17-8-6-2;/h5-19H2,1-4H3;1H/q+1;/p-1. The van der Waals surface area contributed by atoms with Gasteiger partial charge in [0.25, 0.3) is 0 Å². The van der Waals surface area contributed by atoms with Crippen molar-refractivity contribution in [3.8, 4) is 0 Å². The van der Waals surface area contributed by atoms with Crippen molar-refractivity contribution in [1.82, 2.24) is 0 Å². The van der Waals surface area contributed by atoms with Gasteiger partial charge in [-0.05, 0) is 12.8 Å². The Hall–Kier alpha value is -0.0900. The number of ether oxygens (including phenoxy) is 1. The number of hydrogen-bond donors (Lipinski definition) is 0. The topological polar surface area (TPSA) is 26.3 Å². The first-order valence-electron chi connectivity index (χ1n) is 9.99. The Morgan fingerprint density at radius 3 is 1.71 bits per heavy atom. The second-order valence-electron chi connectivity index (χ2n) is 7.57. The number of unbranched alkanes of at least 4 members (excludes halogenated alkanes) is 10. The van der Waals surface area contributed by atoms with Gasteiger partial charge in [0.05, 0.1) is 27.2 Å². The zero-order chi connectivity index (χ0) is 17.4. The lowest BCUT2D eigenvalue weighted by atomic mass is 10.1. The smallest absolute Gasteiger partial charge is 0.361 e. The molecule has 0 atom stereocenters. The average Bonchev–Trinajstić information content (AvgIpc) is 2.50. The summed E-state index contributed by atoms with van der Waals surface area (Å²) in [6.45, 7) is 6.59. The maximum Gasteiger partial charge on any atom is 0.361 e. The molecule has 0 aromatic carbocycles. The van der Waals surface area contributed by atoms with E-state index in [1.807, 2.05) is 0 Å². The first kappa shape index (κ1) is 26.1. The van der Waals surface area contributed by atoms with Gasteiger partial charge in [-0.25, -0.2) is 4.79 Å². The van der Waals surface area contributed by atoms with Crippen molar-refractivity contribution in [3.05, 3.63) is 0 Å². The van der Waals surface area contributed by atoms with Crippen molar-refractivity contribution in [2.24, 2.45) is 0 Å². The summed E-state index contributed by atoms with van der Waals surface area (Å²) in [5.74, 6) is -0.0398. The Kier molecular flexibility index (Phi) is 19.3. The molecule has 0 N–H and O–H groups in total. The van der Waals surface area contributed by atoms with Crippen molar-refractivity contribution < 1.29 is 31.0 Å². The van der Waals surface area contributed by atoms with Crippen LogP contribution in [-0.4, -0.2) is 44.2 Å². The number of halogens is 1. The fourth-order valence-electron chi connectivity index (χ4n) is 2.84. The summed E-state index contributed by atoms with van der Waals surface area (Å²) in [7, 11) is 4.22. The van der Waals surface area contributed by atoms with E-state index in [9.17, 15) is 4.79 Å². The van der Waals surface area contributed by atoms with Gasteiger partial charge < -0.3 is 26.2 Å². The summed E-state index contributed by atoms with van der Waals surface area (Å²) < 4.78 is 6.12. The maximum atomic E-state index is 11.8. The number of quaternary nitrogens is 1. The first-order chi connectivity index (χ1) is 11.0. The van der Waals surface area contributed by atoms with Gasteiger partial charge in [0.1, 0.15) is 0 Å². The number of carbonyl (C=O) groups excluding carboxylic acids is 1. The lowest BCUT2D eigenvalue weighted by Gasteiger charge is -2.28. The highest BCUT2D eigenvalue weighted by Crippen LogP contribution is 2.10. The third kappa shape index (κ3) is 18.3. The fourth-order valence-corrected chi connectivity index (χ4v) is 2.84. The van der Waals surface area contributed by atoms with Crippen LogP contribution in [-0.2, 0) is 9.53 Å². The largest absolute Gasteiger partial charge is 1.00 e. The molecule has 0 aliphatic heterocycles. The molecule has 0 fully saturated rings. The minimum absolute atomic E-state index is 0. The molecule has 0 saturated carbocycles. The second kappa shape index (κ2) is 17.7. The van der Waals surface area contributed by atoms with Crippen molar-refractivity contribution in [1.29, 1.82) is 0 Å². The molecule has 0 aromatic heterocycles. The fraction of sp³-hybridized carbons (Fsp3) is 0.950. The van der Waals surface area contributed by atoms with Crippen LogP contribution in [0.1, 0.15) is 90.9 Å². The van der Waals surface area contributed by atoms with Crippen molar-refractivity contribution in [2.75, 3.05) is 33.8 Å². The molecule has 0 bridgehead atoms. The molecule has 0 rings (SSSR count). The van der Waals surface area contributed by atoms with Crippen molar-refractivity contribution >= 4 is 5.97 Å². The number of hydrogen-bond acceptors (Lipinski definition) is 2. The predicted octanol–water partition coefficient (Wildman–Crippen LogP) is 2.33. The van der Waals surface area contributed by atoms with Gasteiger partial charge in [0.2, 0.25) is 0 Å². The van der Waals surface area contributed by atoms with Crippen LogP contribution in [0.2, 0.25) is 0 Å². The third-order valence-corrected chi connectivity index (χ3v) is 4.44. The van der Waals surface area contributed by atoms with E-state index in [-0.39, 0.29) is 23.0 Å². The van der Waals surface area contributed by atoms with Crippen LogP contribution in [0.25, 0.3) is 0 Å². The van der Waals surface area contributed by atoms with Gasteiger partial charge in [-0.1, -0.05) is 78.1 Å². The summed E-state index contributed by atoms with van der Waals surface area (Å²) in [6, 6.07) is 0. The molecular formula is C20H42BrNO2. The summed E-state index contributed by atoms with van der Waals surface area (Å²) in [6.07, 6.45) is 15.4. The predicted molar refractivity (Wildman–Crippen MR) is 99.6 cm³/mol. The van der Waals surface area contributed by atoms with E-state index >= 15 is 0 Å². The number of nitrogens with zero attached hydrogens (tertiary/aromatic N) is 1. The SMILES string of the molecule is CCCCCCCCCCCCOC(=O)C[N+](C)(C)CCCC.[Br-]. The summed E-state index contributed by atoms with van der Waals surface area (Å²) in [5.41, 5.74) is 0. The molecule has 146 valence electrons. The lowest BCUT2D eigenvalue weighted by molar-refractivity contribution is -0.883. The molecule has 0 saturated heterocycles. The average molecular weight is 408 g/mol. The molecular weight excluding hydrogens is 366 g/mol. The third-order valence-electron chi connectivity index (χ3n) is 4.44. The van der Waals surface area contributed by atoms with Gasteiger partial charge in [-0.15, -0.1) is 0 Å². The highest BCUT2D eigenvalue weighted by atomic mass is 79.9. The minimum atomic E-state index is -0.0398. The molecule has 0 spiro atoms. The van der Waals surface area contributed by atoms with Gasteiger partial charge >= 0.3 is 5.97 Å². The quantitative estimate of drug-likeness (QED) is 0.223. The normalized spacial score (nSPS) is 11.2. The number of carbonyl (C=O) groups is 1. The van der Waals surface area contributed by atoms with Crippen molar-refractivity contribution in [2.45, 2.75) is 90.9 Å². The maximum absolute atomic E-state index is 11.8. The molecule has 0 unspecified atom stereocenters. The Balaban J connectivity index is 0. The highest BCUT2D eigenvalue weighted by Gasteiger charge is 2.20. The van der Waals surface area contributed by atoms with Crippen LogP contribution in [0.15, 0.2) is 0 Å². The van der Waals surface area contributed by atoms with Gasteiger partial charge in [-0.2, -0.15) is 0 Å². The minimum Gasteiger partial charge on any atom is -1.00 e. The molecule has 24 heavy (non-hydrogen) atoms. The Bertz CT molecular complexity index is 283. The van der Waals surface area contributed by atoms with Gasteiger partial charge in [0, 0.05) is 0 Å². The second-order valence-corrected chi connectivity index (χ2v) is 7.57. The lowest BCUT2D eigenvalue weighted by Crippen LogP contribution is -3.00. The van der Waals surface area contributed by atoms with E-state index in [1.165, 1.54) is 70.6 Å². The van der Waals surface area contributed by atoms with Crippen LogP contribution in [0, 0.1) is 0 Å². The molecule has 0 aliphatic rings. The number of rotatable bonds is 16. The molecule has 0 amide bonds. The summed E-state index contributed by atoms with van der Waals surface area (Å²) in [4.78, 5) is 11.8. The Morgan fingerprint density at radius 1 is 0.750 bits per heavy atom. The molecule has 0 aliphatic carbocycles. The van der Waals surface area contributed by atoms with Crippen LogP contribution in [0.5, 0.6) is 0 Å². The van der Waals surface area contributed by atoms with E-state index in [4.69, 9.17) is 4.74 Å². The Morgan fingerprint density at radius 2 is 1.21 bits per heavy atom. The summed E-state index contributed by atoms with van der Waals surface area (Å²) >= 11 is 0.